The molecule has 0 saturated heterocycles. The normalized spacial score (nSPS) is 10.4. The van der Waals surface area contributed by atoms with Crippen LogP contribution in [0.15, 0.2) is 30.3 Å². The lowest BCUT2D eigenvalue weighted by Gasteiger charge is -2.06. The average Bonchev–Trinajstić information content (AvgIpc) is 2.38. The summed E-state index contributed by atoms with van der Waals surface area (Å²) in [4.78, 5) is 0. The lowest BCUT2D eigenvalue weighted by atomic mass is 10.2. The fraction of sp³-hybridized carbons (Fsp3) is 0.600. The molecule has 0 atom stereocenters. The predicted molar refractivity (Wildman–Crippen MR) is 73.6 cm³/mol. The highest BCUT2D eigenvalue weighted by Crippen LogP contribution is 2.09. The molecule has 2 nitrogen and oxygen atoms in total. The van der Waals surface area contributed by atoms with Gasteiger partial charge in [0.15, 0.2) is 0 Å². The van der Waals surface area contributed by atoms with Gasteiger partial charge in [0.2, 0.25) is 0 Å². The summed E-state index contributed by atoms with van der Waals surface area (Å²) >= 11 is 0. The topological polar surface area (TPSA) is 21.3 Å². The molecule has 0 unspecified atom stereocenters. The van der Waals surface area contributed by atoms with Crippen LogP contribution in [-0.2, 0) is 0 Å². The van der Waals surface area contributed by atoms with Crippen molar-refractivity contribution in [2.24, 2.45) is 0 Å². The number of para-hydroxylation sites is 1. The summed E-state index contributed by atoms with van der Waals surface area (Å²) in [7, 11) is 0. The Hall–Kier alpha value is -1.02. The summed E-state index contributed by atoms with van der Waals surface area (Å²) in [5.74, 6) is 0.983. The van der Waals surface area contributed by atoms with Crippen LogP contribution >= 0.6 is 0 Å². The Morgan fingerprint density at radius 2 is 1.71 bits per heavy atom. The van der Waals surface area contributed by atoms with Gasteiger partial charge in [-0.2, -0.15) is 0 Å². The van der Waals surface area contributed by atoms with Gasteiger partial charge in [0.1, 0.15) is 5.75 Å². The Kier molecular flexibility index (Phi) is 8.39. The Morgan fingerprint density at radius 3 is 2.47 bits per heavy atom. The summed E-state index contributed by atoms with van der Waals surface area (Å²) in [6.45, 7) is 5.35. The summed E-state index contributed by atoms with van der Waals surface area (Å²) < 4.78 is 5.64. The van der Waals surface area contributed by atoms with Crippen LogP contribution in [0.1, 0.15) is 39.0 Å². The van der Waals surface area contributed by atoms with Crippen molar-refractivity contribution in [2.75, 3.05) is 19.7 Å². The zero-order valence-corrected chi connectivity index (χ0v) is 11.0. The van der Waals surface area contributed by atoms with Crippen LogP contribution in [0.25, 0.3) is 0 Å². The molecule has 0 radical (unpaired) electrons. The van der Waals surface area contributed by atoms with Gasteiger partial charge < -0.3 is 10.1 Å². The quantitative estimate of drug-likeness (QED) is 0.625. The molecule has 1 aromatic carbocycles. The van der Waals surface area contributed by atoms with Gasteiger partial charge in [-0.15, -0.1) is 0 Å². The predicted octanol–water partition coefficient (Wildman–Crippen LogP) is 3.63. The van der Waals surface area contributed by atoms with E-state index in [1.807, 2.05) is 30.3 Å². The van der Waals surface area contributed by atoms with E-state index in [9.17, 15) is 0 Å². The van der Waals surface area contributed by atoms with Crippen LogP contribution in [0.4, 0.5) is 0 Å². The number of hydrogen-bond acceptors (Lipinski definition) is 2. The Morgan fingerprint density at radius 1 is 0.941 bits per heavy atom. The van der Waals surface area contributed by atoms with Gasteiger partial charge >= 0.3 is 0 Å². The minimum atomic E-state index is 0.840. The molecule has 0 saturated carbocycles. The molecule has 0 aliphatic carbocycles. The number of unbranched alkanes of at least 4 members (excludes halogenated alkanes) is 3. The van der Waals surface area contributed by atoms with Crippen LogP contribution in [0.5, 0.6) is 5.75 Å². The zero-order valence-electron chi connectivity index (χ0n) is 11.0. The molecule has 2 heteroatoms. The molecular weight excluding hydrogens is 210 g/mol. The second-order valence-corrected chi connectivity index (χ2v) is 4.33. The van der Waals surface area contributed by atoms with Crippen molar-refractivity contribution in [1.29, 1.82) is 0 Å². The first-order chi connectivity index (χ1) is 8.43. The molecule has 0 spiro atoms. The van der Waals surface area contributed by atoms with E-state index in [-0.39, 0.29) is 0 Å². The lowest BCUT2D eigenvalue weighted by molar-refractivity contribution is 0.304. The van der Waals surface area contributed by atoms with Crippen molar-refractivity contribution in [3.8, 4) is 5.75 Å². The molecule has 0 amide bonds. The van der Waals surface area contributed by atoms with E-state index >= 15 is 0 Å². The average molecular weight is 235 g/mol. The van der Waals surface area contributed by atoms with Crippen LogP contribution in [-0.4, -0.2) is 19.7 Å². The van der Waals surface area contributed by atoms with E-state index in [4.69, 9.17) is 4.74 Å². The molecule has 17 heavy (non-hydrogen) atoms. The summed E-state index contributed by atoms with van der Waals surface area (Å²) in [5.41, 5.74) is 0. The maximum absolute atomic E-state index is 5.64. The SMILES string of the molecule is CCCNCCCCCCOc1ccccc1. The molecule has 0 aromatic heterocycles. The summed E-state index contributed by atoms with van der Waals surface area (Å²) in [6, 6.07) is 10.0. The van der Waals surface area contributed by atoms with Gasteiger partial charge in [-0.25, -0.2) is 0 Å². The van der Waals surface area contributed by atoms with Gasteiger partial charge in [-0.1, -0.05) is 38.0 Å². The zero-order chi connectivity index (χ0) is 12.2. The first-order valence-electron chi connectivity index (χ1n) is 6.82. The van der Waals surface area contributed by atoms with Crippen molar-refractivity contribution >= 4 is 0 Å². The van der Waals surface area contributed by atoms with Gasteiger partial charge in [0, 0.05) is 0 Å². The fourth-order valence-electron chi connectivity index (χ4n) is 1.71. The van der Waals surface area contributed by atoms with E-state index < -0.39 is 0 Å². The van der Waals surface area contributed by atoms with E-state index in [2.05, 4.69) is 12.2 Å². The fourth-order valence-corrected chi connectivity index (χ4v) is 1.71. The number of rotatable bonds is 10. The van der Waals surface area contributed by atoms with Crippen LogP contribution < -0.4 is 10.1 Å². The second-order valence-electron chi connectivity index (χ2n) is 4.33. The Labute approximate surface area is 105 Å². The Bertz CT molecular complexity index is 261. The first-order valence-corrected chi connectivity index (χ1v) is 6.82. The molecule has 0 heterocycles. The summed E-state index contributed by atoms with van der Waals surface area (Å²) in [6.07, 6.45) is 6.23. The molecule has 0 aliphatic rings. The largest absolute Gasteiger partial charge is 0.494 e. The molecule has 96 valence electrons. The van der Waals surface area contributed by atoms with Gasteiger partial charge in [0.05, 0.1) is 6.61 Å². The minimum absolute atomic E-state index is 0.840. The maximum Gasteiger partial charge on any atom is 0.119 e. The number of benzene rings is 1. The highest BCUT2D eigenvalue weighted by atomic mass is 16.5. The van der Waals surface area contributed by atoms with Crippen LogP contribution in [0.2, 0.25) is 0 Å². The molecule has 0 bridgehead atoms. The monoisotopic (exact) mass is 235 g/mol. The van der Waals surface area contributed by atoms with Crippen molar-refractivity contribution in [3.63, 3.8) is 0 Å². The van der Waals surface area contributed by atoms with E-state index in [1.165, 1.54) is 25.7 Å². The van der Waals surface area contributed by atoms with E-state index in [0.717, 1.165) is 31.9 Å². The van der Waals surface area contributed by atoms with Gasteiger partial charge in [0.25, 0.3) is 0 Å². The molecular formula is C15H25NO. The molecule has 1 rings (SSSR count). The smallest absolute Gasteiger partial charge is 0.119 e. The Balaban J connectivity index is 1.85. The van der Waals surface area contributed by atoms with Crippen LogP contribution in [0, 0.1) is 0 Å². The van der Waals surface area contributed by atoms with Gasteiger partial charge in [-0.3, -0.25) is 0 Å². The number of ether oxygens (including phenoxy) is 1. The first kappa shape index (κ1) is 14.0. The molecule has 1 aromatic rings. The lowest BCUT2D eigenvalue weighted by Crippen LogP contribution is -2.15. The van der Waals surface area contributed by atoms with E-state index in [0.29, 0.717) is 0 Å². The molecule has 1 N–H and O–H groups in total. The maximum atomic E-state index is 5.64. The van der Waals surface area contributed by atoms with Crippen molar-refractivity contribution in [3.05, 3.63) is 30.3 Å². The standard InChI is InChI=1S/C15H25NO/c1-2-12-16-13-8-3-4-9-14-17-15-10-6-5-7-11-15/h5-7,10-11,16H,2-4,8-9,12-14H2,1H3. The highest BCUT2D eigenvalue weighted by Gasteiger charge is 1.93. The van der Waals surface area contributed by atoms with E-state index in [1.54, 1.807) is 0 Å². The number of hydrogen-bond donors (Lipinski definition) is 1. The number of nitrogens with one attached hydrogen (secondary N) is 1. The van der Waals surface area contributed by atoms with Crippen LogP contribution in [0.3, 0.4) is 0 Å². The third-order valence-corrected chi connectivity index (χ3v) is 2.69. The minimum Gasteiger partial charge on any atom is -0.494 e. The van der Waals surface area contributed by atoms with Crippen molar-refractivity contribution < 1.29 is 4.74 Å². The third-order valence-electron chi connectivity index (χ3n) is 2.69. The summed E-state index contributed by atoms with van der Waals surface area (Å²) in [5, 5.41) is 3.42. The second kappa shape index (κ2) is 10.2. The third kappa shape index (κ3) is 7.81. The van der Waals surface area contributed by atoms with Crippen molar-refractivity contribution in [2.45, 2.75) is 39.0 Å². The van der Waals surface area contributed by atoms with Crippen molar-refractivity contribution in [1.82, 2.24) is 5.32 Å². The van der Waals surface area contributed by atoms with Gasteiger partial charge in [-0.05, 0) is 44.5 Å². The molecule has 0 fully saturated rings. The highest BCUT2D eigenvalue weighted by molar-refractivity contribution is 5.20. The molecule has 0 aliphatic heterocycles.